The molecular formula is C27H26O7. The van der Waals surface area contributed by atoms with Gasteiger partial charge in [-0.25, -0.2) is 4.79 Å². The van der Waals surface area contributed by atoms with Crippen molar-refractivity contribution in [1.29, 1.82) is 0 Å². The lowest BCUT2D eigenvalue weighted by Gasteiger charge is -2.11. The number of hydrogen-bond donors (Lipinski definition) is 0. The maximum atomic E-state index is 12.9. The smallest absolute Gasteiger partial charge is 0.337 e. The number of aryl methyl sites for hydroxylation is 2. The molecule has 3 aromatic carbocycles. The number of rotatable bonds is 10. The molecule has 0 aromatic heterocycles. The minimum Gasteiger partial charge on any atom is -0.497 e. The molecule has 34 heavy (non-hydrogen) atoms. The average Bonchev–Trinajstić information content (AvgIpc) is 2.90. The molecule has 0 spiro atoms. The fourth-order valence-corrected chi connectivity index (χ4v) is 3.52. The van der Waals surface area contributed by atoms with E-state index in [1.165, 1.54) is 38.5 Å². The first-order valence-electron chi connectivity index (χ1n) is 10.6. The lowest BCUT2D eigenvalue weighted by Crippen LogP contribution is -2.15. The number of Topliss-reactive ketones (excluding diaryl/α,β-unsaturated/α-hetero) is 2. The van der Waals surface area contributed by atoms with Gasteiger partial charge in [0.2, 0.25) is 11.6 Å². The van der Waals surface area contributed by atoms with E-state index in [9.17, 15) is 14.4 Å². The molecule has 0 saturated heterocycles. The molecule has 0 unspecified atom stereocenters. The van der Waals surface area contributed by atoms with Crippen molar-refractivity contribution < 1.29 is 33.3 Å². The van der Waals surface area contributed by atoms with Gasteiger partial charge in [0, 0.05) is 11.1 Å². The third-order valence-electron chi connectivity index (χ3n) is 5.39. The van der Waals surface area contributed by atoms with Crippen LogP contribution in [0.1, 0.15) is 42.2 Å². The van der Waals surface area contributed by atoms with E-state index >= 15 is 0 Å². The highest BCUT2D eigenvalue weighted by Crippen LogP contribution is 2.28. The number of ether oxygens (including phenoxy) is 4. The van der Waals surface area contributed by atoms with Gasteiger partial charge in [-0.2, -0.15) is 0 Å². The average molecular weight is 462 g/mol. The third-order valence-corrected chi connectivity index (χ3v) is 5.39. The van der Waals surface area contributed by atoms with Crippen molar-refractivity contribution in [2.75, 3.05) is 28.4 Å². The van der Waals surface area contributed by atoms with Gasteiger partial charge in [0.1, 0.15) is 5.75 Å². The van der Waals surface area contributed by atoms with Crippen LogP contribution >= 0.6 is 0 Å². The second kappa shape index (κ2) is 11.1. The summed E-state index contributed by atoms with van der Waals surface area (Å²) in [6.45, 7) is 0. The molecule has 0 aliphatic heterocycles. The van der Waals surface area contributed by atoms with E-state index in [0.29, 0.717) is 35.7 Å². The summed E-state index contributed by atoms with van der Waals surface area (Å²) >= 11 is 0. The maximum Gasteiger partial charge on any atom is 0.337 e. The summed E-state index contributed by atoms with van der Waals surface area (Å²) in [6.07, 6.45) is 1.30. The van der Waals surface area contributed by atoms with E-state index in [0.717, 1.165) is 11.1 Å². The first-order chi connectivity index (χ1) is 16.4. The van der Waals surface area contributed by atoms with Crippen molar-refractivity contribution >= 4 is 17.5 Å². The molecule has 0 radical (unpaired) electrons. The molecule has 0 bridgehead atoms. The molecule has 7 heteroatoms. The molecular weight excluding hydrogens is 436 g/mol. The van der Waals surface area contributed by atoms with Gasteiger partial charge >= 0.3 is 5.97 Å². The zero-order valence-corrected chi connectivity index (χ0v) is 19.5. The summed E-state index contributed by atoms with van der Waals surface area (Å²) in [6, 6.07) is 16.6. The van der Waals surface area contributed by atoms with Crippen molar-refractivity contribution in [3.8, 4) is 17.2 Å². The maximum absolute atomic E-state index is 12.9. The van der Waals surface area contributed by atoms with Gasteiger partial charge in [0.05, 0.1) is 34.0 Å². The Labute approximate surface area is 198 Å². The van der Waals surface area contributed by atoms with Crippen LogP contribution in [0, 0.1) is 0 Å². The predicted octanol–water partition coefficient (Wildman–Crippen LogP) is 4.35. The molecule has 0 atom stereocenters. The monoisotopic (exact) mass is 462 g/mol. The Bertz CT molecular complexity index is 1200. The van der Waals surface area contributed by atoms with Crippen molar-refractivity contribution in [1.82, 2.24) is 0 Å². The quantitative estimate of drug-likeness (QED) is 0.251. The van der Waals surface area contributed by atoms with Crippen molar-refractivity contribution in [2.24, 2.45) is 0 Å². The van der Waals surface area contributed by atoms with Gasteiger partial charge in [0.25, 0.3) is 0 Å². The molecule has 0 N–H and O–H groups in total. The van der Waals surface area contributed by atoms with Gasteiger partial charge in [-0.3, -0.25) is 9.59 Å². The van der Waals surface area contributed by atoms with E-state index in [1.807, 2.05) is 24.3 Å². The normalized spacial score (nSPS) is 10.4. The van der Waals surface area contributed by atoms with Crippen LogP contribution in [-0.2, 0) is 17.6 Å². The molecule has 0 fully saturated rings. The van der Waals surface area contributed by atoms with E-state index in [-0.39, 0.29) is 11.1 Å². The molecule has 0 heterocycles. The van der Waals surface area contributed by atoms with Crippen LogP contribution in [0.2, 0.25) is 0 Å². The number of methoxy groups -OCH3 is 4. The Hall–Kier alpha value is -4.13. The minimum absolute atomic E-state index is 0.187. The van der Waals surface area contributed by atoms with Gasteiger partial charge in [-0.1, -0.05) is 18.2 Å². The van der Waals surface area contributed by atoms with Crippen LogP contribution in [-0.4, -0.2) is 46.0 Å². The number of benzene rings is 3. The summed E-state index contributed by atoms with van der Waals surface area (Å²) in [7, 11) is 5.95. The topological polar surface area (TPSA) is 88.1 Å². The fraction of sp³-hybridized carbons (Fsp3) is 0.222. The largest absolute Gasteiger partial charge is 0.497 e. The fourth-order valence-electron chi connectivity index (χ4n) is 3.52. The first-order valence-corrected chi connectivity index (χ1v) is 10.6. The number of carbonyl (C=O) groups excluding carboxylic acids is 3. The SMILES string of the molecule is COC(=O)c1ccc(C(=O)C(=O)c2cc(CCc3ccc(OC)c(OC)c3)cc(OC)c2)cc1. The van der Waals surface area contributed by atoms with E-state index in [4.69, 9.17) is 14.2 Å². The second-order valence-electron chi connectivity index (χ2n) is 7.49. The van der Waals surface area contributed by atoms with Crippen LogP contribution in [0.25, 0.3) is 0 Å². The highest BCUT2D eigenvalue weighted by molar-refractivity contribution is 6.49. The van der Waals surface area contributed by atoms with Crippen molar-refractivity contribution in [3.63, 3.8) is 0 Å². The summed E-state index contributed by atoms with van der Waals surface area (Å²) in [5.41, 5.74) is 2.61. The zero-order chi connectivity index (χ0) is 24.7. The van der Waals surface area contributed by atoms with Crippen LogP contribution in [0.5, 0.6) is 17.2 Å². The summed E-state index contributed by atoms with van der Waals surface area (Å²) < 4.78 is 20.6. The molecule has 3 aromatic rings. The van der Waals surface area contributed by atoms with Crippen molar-refractivity contribution in [2.45, 2.75) is 12.8 Å². The number of carbonyl (C=O) groups is 3. The first kappa shape index (κ1) is 24.5. The van der Waals surface area contributed by atoms with E-state index in [1.54, 1.807) is 26.4 Å². The Morgan fingerprint density at radius 3 is 1.82 bits per heavy atom. The molecule has 0 saturated carbocycles. The van der Waals surface area contributed by atoms with Gasteiger partial charge < -0.3 is 18.9 Å². The zero-order valence-electron chi connectivity index (χ0n) is 19.5. The van der Waals surface area contributed by atoms with Crippen molar-refractivity contribution in [3.05, 3.63) is 88.5 Å². The third kappa shape index (κ3) is 5.61. The highest BCUT2D eigenvalue weighted by atomic mass is 16.5. The minimum atomic E-state index is -0.671. The number of hydrogen-bond acceptors (Lipinski definition) is 7. The lowest BCUT2D eigenvalue weighted by atomic mass is 9.96. The van der Waals surface area contributed by atoms with Crippen LogP contribution in [0.4, 0.5) is 0 Å². The molecule has 3 rings (SSSR count). The molecule has 0 amide bonds. The van der Waals surface area contributed by atoms with E-state index < -0.39 is 17.5 Å². The summed E-state index contributed by atoms with van der Waals surface area (Å²) in [5.74, 6) is -0.0594. The molecule has 0 aliphatic rings. The van der Waals surface area contributed by atoms with Gasteiger partial charge in [-0.05, 0) is 66.4 Å². The van der Waals surface area contributed by atoms with E-state index in [2.05, 4.69) is 4.74 Å². The second-order valence-corrected chi connectivity index (χ2v) is 7.49. The highest BCUT2D eigenvalue weighted by Gasteiger charge is 2.20. The van der Waals surface area contributed by atoms with Crippen LogP contribution in [0.3, 0.4) is 0 Å². The Morgan fingerprint density at radius 2 is 1.21 bits per heavy atom. The Balaban J connectivity index is 1.79. The number of ketones is 2. The van der Waals surface area contributed by atoms with Gasteiger partial charge in [-0.15, -0.1) is 0 Å². The van der Waals surface area contributed by atoms with Crippen LogP contribution in [0.15, 0.2) is 60.7 Å². The molecule has 0 aliphatic carbocycles. The predicted molar refractivity (Wildman–Crippen MR) is 126 cm³/mol. The Morgan fingerprint density at radius 1 is 0.588 bits per heavy atom. The summed E-state index contributed by atoms with van der Waals surface area (Å²) in [5, 5.41) is 0. The van der Waals surface area contributed by atoms with Crippen LogP contribution < -0.4 is 14.2 Å². The van der Waals surface area contributed by atoms with Gasteiger partial charge in [0.15, 0.2) is 11.5 Å². The standard InChI is InChI=1S/C27H26O7/c1-31-22-14-18(6-5-17-7-12-23(32-2)24(15-17)33-3)13-21(16-22)26(29)25(28)19-8-10-20(11-9-19)27(30)34-4/h7-16H,5-6H2,1-4H3. The molecule has 176 valence electrons. The summed E-state index contributed by atoms with van der Waals surface area (Å²) in [4.78, 5) is 37.3. The number of esters is 1. The lowest BCUT2D eigenvalue weighted by molar-refractivity contribution is 0.0600. The molecule has 7 nitrogen and oxygen atoms in total. The Kier molecular flexibility index (Phi) is 8.03.